The van der Waals surface area contributed by atoms with Crippen LogP contribution in [0.5, 0.6) is 0 Å². The van der Waals surface area contributed by atoms with Gasteiger partial charge in [0.05, 0.1) is 0 Å². The summed E-state index contributed by atoms with van der Waals surface area (Å²) in [5, 5.41) is 3.57. The number of benzene rings is 1. The molecule has 0 radical (unpaired) electrons. The zero-order chi connectivity index (χ0) is 14.1. The highest BCUT2D eigenvalue weighted by atomic mass is 15.1. The minimum Gasteiger partial charge on any atom is -0.374 e. The van der Waals surface area contributed by atoms with Crippen LogP contribution >= 0.6 is 0 Å². The van der Waals surface area contributed by atoms with Crippen LogP contribution in [-0.2, 0) is 0 Å². The molecule has 2 heteroatoms. The molecule has 1 atom stereocenters. The van der Waals surface area contributed by atoms with Crippen molar-refractivity contribution >= 4 is 5.69 Å². The smallest absolute Gasteiger partial charge is 0.0412 e. The summed E-state index contributed by atoms with van der Waals surface area (Å²) in [6, 6.07) is 9.09. The highest BCUT2D eigenvalue weighted by molar-refractivity contribution is 5.54. The zero-order valence-corrected chi connectivity index (χ0v) is 12.7. The molecule has 2 nitrogen and oxygen atoms in total. The van der Waals surface area contributed by atoms with Crippen molar-refractivity contribution in [3.8, 4) is 0 Å². The van der Waals surface area contributed by atoms with Gasteiger partial charge in [0.2, 0.25) is 0 Å². The number of anilines is 1. The molecular weight excluding hydrogens is 232 g/mol. The molecule has 0 aliphatic heterocycles. The second-order valence-electron chi connectivity index (χ2n) is 5.09. The van der Waals surface area contributed by atoms with Gasteiger partial charge in [-0.3, -0.25) is 0 Å². The minimum atomic E-state index is 0.401. The van der Waals surface area contributed by atoms with Crippen LogP contribution in [0.2, 0.25) is 0 Å². The highest BCUT2D eigenvalue weighted by Gasteiger charge is 2.11. The van der Waals surface area contributed by atoms with Crippen LogP contribution in [0, 0.1) is 0 Å². The van der Waals surface area contributed by atoms with Crippen LogP contribution in [0.1, 0.15) is 44.7 Å². The first-order valence-corrected chi connectivity index (χ1v) is 7.35. The molecule has 0 fully saturated rings. The molecule has 1 aromatic rings. The van der Waals surface area contributed by atoms with Crippen LogP contribution in [0.15, 0.2) is 36.9 Å². The molecule has 0 aromatic heterocycles. The van der Waals surface area contributed by atoms with Gasteiger partial charge in [0, 0.05) is 25.3 Å². The van der Waals surface area contributed by atoms with Crippen LogP contribution < -0.4 is 10.2 Å². The van der Waals surface area contributed by atoms with Gasteiger partial charge >= 0.3 is 0 Å². The molecule has 0 spiro atoms. The Kier molecular flexibility index (Phi) is 7.27. The van der Waals surface area contributed by atoms with E-state index in [1.807, 2.05) is 6.08 Å². The van der Waals surface area contributed by atoms with Crippen molar-refractivity contribution in [1.82, 2.24) is 5.32 Å². The highest BCUT2D eigenvalue weighted by Crippen LogP contribution is 2.25. The van der Waals surface area contributed by atoms with Crippen LogP contribution in [0.25, 0.3) is 0 Å². The number of allylic oxidation sites excluding steroid dienone is 1. The molecule has 19 heavy (non-hydrogen) atoms. The molecule has 0 bridgehead atoms. The first kappa shape index (κ1) is 15.8. The molecule has 0 aliphatic carbocycles. The van der Waals surface area contributed by atoms with Crippen molar-refractivity contribution in [2.45, 2.75) is 39.2 Å². The Hall–Kier alpha value is -1.28. The average molecular weight is 260 g/mol. The normalized spacial score (nSPS) is 12.2. The van der Waals surface area contributed by atoms with Gasteiger partial charge < -0.3 is 10.2 Å². The lowest BCUT2D eigenvalue weighted by Crippen LogP contribution is -2.24. The maximum atomic E-state index is 3.78. The topological polar surface area (TPSA) is 15.3 Å². The van der Waals surface area contributed by atoms with Crippen molar-refractivity contribution in [1.29, 1.82) is 0 Å². The Bertz CT molecular complexity index is 373. The molecule has 0 heterocycles. The monoisotopic (exact) mass is 260 g/mol. The van der Waals surface area contributed by atoms with Crippen molar-refractivity contribution in [2.24, 2.45) is 0 Å². The Balaban J connectivity index is 2.73. The maximum Gasteiger partial charge on any atom is 0.0412 e. The van der Waals surface area contributed by atoms with E-state index in [-0.39, 0.29) is 0 Å². The predicted octanol–water partition coefficient (Wildman–Crippen LogP) is 4.15. The fourth-order valence-corrected chi connectivity index (χ4v) is 2.27. The summed E-state index contributed by atoms with van der Waals surface area (Å²) in [5.74, 6) is 0. The average Bonchev–Trinajstić information content (AvgIpc) is 2.45. The minimum absolute atomic E-state index is 0.401. The van der Waals surface area contributed by atoms with Crippen molar-refractivity contribution in [2.75, 3.05) is 25.0 Å². The fourth-order valence-electron chi connectivity index (χ4n) is 2.27. The van der Waals surface area contributed by atoms with Gasteiger partial charge in [-0.2, -0.15) is 0 Å². The third-order valence-corrected chi connectivity index (χ3v) is 3.42. The standard InChI is InChI=1S/C17H28N2/c1-5-7-10-14-19(4)17-12-9-8-11-16(17)15(3)18-13-6-2/h5,8-9,11-12,15,18H,1,6-7,10,13-14H2,2-4H3. The van der Waals surface area contributed by atoms with Gasteiger partial charge in [-0.25, -0.2) is 0 Å². The Morgan fingerprint density at radius 1 is 1.37 bits per heavy atom. The maximum absolute atomic E-state index is 3.78. The van der Waals surface area contributed by atoms with Crippen molar-refractivity contribution in [3.63, 3.8) is 0 Å². The van der Waals surface area contributed by atoms with E-state index in [0.717, 1.165) is 25.9 Å². The van der Waals surface area contributed by atoms with E-state index >= 15 is 0 Å². The van der Waals surface area contributed by atoms with E-state index in [0.29, 0.717) is 6.04 Å². The van der Waals surface area contributed by atoms with E-state index in [4.69, 9.17) is 0 Å². The quantitative estimate of drug-likeness (QED) is 0.530. The molecule has 0 saturated heterocycles. The lowest BCUT2D eigenvalue weighted by atomic mass is 10.0. The third kappa shape index (κ3) is 5.07. The second-order valence-corrected chi connectivity index (χ2v) is 5.09. The SMILES string of the molecule is C=CCCCN(C)c1ccccc1C(C)NCCC. The fraction of sp³-hybridized carbons (Fsp3) is 0.529. The third-order valence-electron chi connectivity index (χ3n) is 3.42. The van der Waals surface area contributed by atoms with Gasteiger partial charge in [-0.1, -0.05) is 31.2 Å². The van der Waals surface area contributed by atoms with Gasteiger partial charge in [0.1, 0.15) is 0 Å². The first-order valence-electron chi connectivity index (χ1n) is 7.35. The molecule has 0 amide bonds. The molecule has 0 aliphatic rings. The number of rotatable bonds is 9. The summed E-state index contributed by atoms with van der Waals surface area (Å²) in [5.41, 5.74) is 2.72. The number of para-hydroxylation sites is 1. The Labute approximate surface area is 118 Å². The van der Waals surface area contributed by atoms with E-state index < -0.39 is 0 Å². The van der Waals surface area contributed by atoms with Crippen molar-refractivity contribution in [3.05, 3.63) is 42.5 Å². The Morgan fingerprint density at radius 2 is 2.11 bits per heavy atom. The summed E-state index contributed by atoms with van der Waals surface area (Å²) in [6.45, 7) is 10.4. The zero-order valence-electron chi connectivity index (χ0n) is 12.7. The molecule has 106 valence electrons. The largest absolute Gasteiger partial charge is 0.374 e. The van der Waals surface area contributed by atoms with Crippen LogP contribution in [-0.4, -0.2) is 20.1 Å². The number of hydrogen-bond acceptors (Lipinski definition) is 2. The van der Waals surface area contributed by atoms with Crippen LogP contribution in [0.4, 0.5) is 5.69 Å². The predicted molar refractivity (Wildman–Crippen MR) is 85.9 cm³/mol. The van der Waals surface area contributed by atoms with Crippen LogP contribution in [0.3, 0.4) is 0 Å². The lowest BCUT2D eigenvalue weighted by molar-refractivity contribution is 0.569. The first-order chi connectivity index (χ1) is 9.20. The van der Waals surface area contributed by atoms with E-state index in [9.17, 15) is 0 Å². The molecular formula is C17H28N2. The summed E-state index contributed by atoms with van der Waals surface area (Å²) in [6.07, 6.45) is 5.40. The van der Waals surface area contributed by atoms with Gasteiger partial charge in [0.15, 0.2) is 0 Å². The number of unbranched alkanes of at least 4 members (excludes halogenated alkanes) is 1. The molecule has 1 rings (SSSR count). The summed E-state index contributed by atoms with van der Waals surface area (Å²) >= 11 is 0. The summed E-state index contributed by atoms with van der Waals surface area (Å²) in [4.78, 5) is 2.35. The van der Waals surface area contributed by atoms with Gasteiger partial charge in [0.25, 0.3) is 0 Å². The molecule has 1 aromatic carbocycles. The summed E-state index contributed by atoms with van der Waals surface area (Å²) < 4.78 is 0. The Morgan fingerprint density at radius 3 is 2.79 bits per heavy atom. The molecule has 1 unspecified atom stereocenters. The molecule has 0 saturated carbocycles. The van der Waals surface area contributed by atoms with Crippen molar-refractivity contribution < 1.29 is 0 Å². The lowest BCUT2D eigenvalue weighted by Gasteiger charge is -2.25. The second kappa shape index (κ2) is 8.76. The number of nitrogens with zero attached hydrogens (tertiary/aromatic N) is 1. The number of hydrogen-bond donors (Lipinski definition) is 1. The number of nitrogens with one attached hydrogen (secondary N) is 1. The van der Waals surface area contributed by atoms with Gasteiger partial charge in [-0.05, 0) is 44.4 Å². The van der Waals surface area contributed by atoms with Gasteiger partial charge in [-0.15, -0.1) is 6.58 Å². The van der Waals surface area contributed by atoms with E-state index in [1.165, 1.54) is 17.7 Å². The van der Waals surface area contributed by atoms with E-state index in [1.54, 1.807) is 0 Å². The summed E-state index contributed by atoms with van der Waals surface area (Å²) in [7, 11) is 2.18. The molecule has 1 N–H and O–H groups in total. The van der Waals surface area contributed by atoms with E-state index in [2.05, 4.69) is 62.0 Å².